The summed E-state index contributed by atoms with van der Waals surface area (Å²) in [5.41, 5.74) is 4.01. The first kappa shape index (κ1) is 26.8. The second-order valence-electron chi connectivity index (χ2n) is 8.44. The molecule has 200 valence electrons. The topological polar surface area (TPSA) is 110 Å². The van der Waals surface area contributed by atoms with E-state index in [2.05, 4.69) is 10.5 Å². The third kappa shape index (κ3) is 4.56. The van der Waals surface area contributed by atoms with Crippen LogP contribution in [-0.4, -0.2) is 45.0 Å². The smallest absolute Gasteiger partial charge is 0.396 e. The largest absolute Gasteiger partial charge is 0.737 e. The van der Waals surface area contributed by atoms with Gasteiger partial charge in [-0.15, -0.1) is 0 Å². The van der Waals surface area contributed by atoms with Crippen molar-refractivity contribution in [2.45, 2.75) is 8.16 Å². The van der Waals surface area contributed by atoms with Crippen molar-refractivity contribution in [2.24, 2.45) is 5.10 Å². The highest BCUT2D eigenvalue weighted by Gasteiger charge is 2.51. The van der Waals surface area contributed by atoms with Gasteiger partial charge in [-0.1, -0.05) is 24.3 Å². The molecule has 0 saturated carbocycles. The van der Waals surface area contributed by atoms with Crippen LogP contribution >= 0.6 is 22.6 Å². The highest BCUT2D eigenvalue weighted by atomic mass is 127. The van der Waals surface area contributed by atoms with Crippen LogP contribution in [0.4, 0.5) is 28.8 Å². The average Bonchev–Trinajstić information content (AvgIpc) is 3.56. The summed E-state index contributed by atoms with van der Waals surface area (Å²) in [7, 11) is -5.13. The molecule has 0 fully saturated rings. The van der Waals surface area contributed by atoms with Crippen LogP contribution in [0.5, 0.6) is 0 Å². The van der Waals surface area contributed by atoms with E-state index in [9.17, 15) is 35.9 Å². The first-order valence-corrected chi connectivity index (χ1v) is 13.6. The number of benzene rings is 2. The number of halogens is 5. The van der Waals surface area contributed by atoms with Crippen molar-refractivity contribution in [2.75, 3.05) is 5.43 Å². The minimum Gasteiger partial charge on any atom is -0.396 e. The van der Waals surface area contributed by atoms with Crippen molar-refractivity contribution < 1.29 is 35.2 Å². The summed E-state index contributed by atoms with van der Waals surface area (Å²) in [4.78, 5) is 9.60. The van der Waals surface area contributed by atoms with Crippen molar-refractivity contribution in [1.82, 2.24) is 4.48 Å². The number of nitro benzene ring substituents is 1. The Hall–Kier alpha value is -3.80. The summed E-state index contributed by atoms with van der Waals surface area (Å²) in [5, 5.41) is 15.3. The first-order chi connectivity index (χ1) is 18.3. The Morgan fingerprint density at radius 1 is 1.15 bits per heavy atom. The molecule has 5 rings (SSSR count). The molecule has 0 aliphatic carbocycles. The van der Waals surface area contributed by atoms with Gasteiger partial charge in [0, 0.05) is 46.5 Å². The van der Waals surface area contributed by atoms with Crippen LogP contribution in [-0.2, 0) is 9.84 Å². The van der Waals surface area contributed by atoms with E-state index < -0.39 is 35.6 Å². The van der Waals surface area contributed by atoms with Crippen molar-refractivity contribution in [1.29, 1.82) is 0 Å². The second kappa shape index (κ2) is 9.44. The number of rotatable bonds is 7. The van der Waals surface area contributed by atoms with Gasteiger partial charge < -0.3 is 17.6 Å². The molecule has 0 atom stereocenters. The number of anilines is 1. The Bertz CT molecular complexity index is 1750. The molecule has 2 aliphatic heterocycles. The number of hydrogen-bond acceptors (Lipinski definition) is 6. The fraction of sp³-hybridized carbons (Fsp3) is 0.0435. The normalized spacial score (nSPS) is 16.3. The molecule has 0 bridgehead atoms. The van der Waals surface area contributed by atoms with E-state index in [0.29, 0.717) is 56.7 Å². The molecule has 0 spiro atoms. The van der Waals surface area contributed by atoms with Crippen LogP contribution < -0.4 is 5.43 Å². The quantitative estimate of drug-likeness (QED) is 0.0703. The molecule has 9 nitrogen and oxygen atoms in total. The highest BCUT2D eigenvalue weighted by Crippen LogP contribution is 2.39. The lowest BCUT2D eigenvalue weighted by molar-refractivity contribution is -0.384. The minimum atomic E-state index is -5.13. The molecule has 2 aromatic carbocycles. The fourth-order valence-electron chi connectivity index (χ4n) is 4.28. The van der Waals surface area contributed by atoms with E-state index in [4.69, 9.17) is 0 Å². The number of nitrogens with one attached hydrogen (secondary N) is 1. The molecule has 1 aromatic heterocycles. The Labute approximate surface area is 232 Å². The first-order valence-electron chi connectivity index (χ1n) is 11.1. The zero-order valence-corrected chi connectivity index (χ0v) is 22.4. The number of hydrazone groups is 1. The summed E-state index contributed by atoms with van der Waals surface area (Å²) in [6, 6.07) is 12.3. The molecule has 0 unspecified atom stereocenters. The summed E-state index contributed by atoms with van der Waals surface area (Å²) >= 11 is 0.441. The molecule has 0 radical (unpaired) electrons. The zero-order chi connectivity index (χ0) is 28.2. The van der Waals surface area contributed by atoms with Gasteiger partial charge in [-0.25, -0.2) is 8.42 Å². The van der Waals surface area contributed by atoms with E-state index in [0.717, 1.165) is 21.1 Å². The lowest BCUT2D eigenvalue weighted by Crippen LogP contribution is -2.49. The van der Waals surface area contributed by atoms with Gasteiger partial charge in [0.1, 0.15) is 11.9 Å². The van der Waals surface area contributed by atoms with Gasteiger partial charge in [-0.3, -0.25) is 15.5 Å². The van der Waals surface area contributed by atoms with Gasteiger partial charge >= 0.3 is 10.2 Å². The monoisotopic (exact) mass is 671 g/mol. The number of nitrogens with zero attached hydrogens (tertiary/aromatic N) is 4. The molecule has 1 N–H and O–H groups in total. The highest BCUT2D eigenvalue weighted by molar-refractivity contribution is 14.1. The number of hydrogen-bond donors (Lipinski definition) is 1. The molecule has 39 heavy (non-hydrogen) atoms. The molecule has 0 amide bonds. The number of nitro groups is 1. The SMILES string of the molecule is O=[N+]([O-])c1cc(S(=O)(=O)C(F)(F)I)ccc1N/N=C\c1ccc(C2=C3C=CC=[N+]3[B-](F)(F)n3cccc32)cc1. The predicted molar refractivity (Wildman–Crippen MR) is 146 cm³/mol. The van der Waals surface area contributed by atoms with Gasteiger partial charge in [-0.2, -0.15) is 13.9 Å². The second-order valence-corrected chi connectivity index (χ2v) is 12.5. The summed E-state index contributed by atoms with van der Waals surface area (Å²) in [6.07, 6.45) is 7.16. The predicted octanol–water partition coefficient (Wildman–Crippen LogP) is 5.25. The molecule has 16 heteroatoms. The van der Waals surface area contributed by atoms with Crippen LogP contribution in [0.1, 0.15) is 16.8 Å². The lowest BCUT2D eigenvalue weighted by Gasteiger charge is -2.30. The van der Waals surface area contributed by atoms with Gasteiger partial charge in [-0.05, 0) is 41.6 Å². The number of allylic oxidation sites excluding steroid dienone is 2. The Morgan fingerprint density at radius 2 is 1.87 bits per heavy atom. The summed E-state index contributed by atoms with van der Waals surface area (Å²) < 4.78 is 78.4. The van der Waals surface area contributed by atoms with E-state index in [-0.39, 0.29) is 5.69 Å². The van der Waals surface area contributed by atoms with Crippen LogP contribution in [0.15, 0.2) is 88.6 Å². The standard InChI is InChI=1S/C23H15BF4IN5O4S/c25-23(26,29)39(37,38)17-9-10-18(21(13-17)34(35)36)31-30-14-15-5-7-16(8-6-15)22-19-3-1-11-32(19)24(27,28)33-12-2-4-20(22)33/h1-14,31H/b30-14-. The van der Waals surface area contributed by atoms with E-state index in [1.807, 2.05) is 0 Å². The molecule has 3 heterocycles. The van der Waals surface area contributed by atoms with Gasteiger partial charge in [0.2, 0.25) is 0 Å². The van der Waals surface area contributed by atoms with Crippen molar-refractivity contribution in [3.8, 4) is 0 Å². The Balaban J connectivity index is 1.39. The van der Waals surface area contributed by atoms with Crippen LogP contribution in [0, 0.1) is 10.1 Å². The Morgan fingerprint density at radius 3 is 2.54 bits per heavy atom. The van der Waals surface area contributed by atoms with Gasteiger partial charge in [0.05, 0.1) is 21.6 Å². The van der Waals surface area contributed by atoms with E-state index >= 15 is 0 Å². The lowest BCUT2D eigenvalue weighted by atomic mass is 9.86. The third-order valence-electron chi connectivity index (χ3n) is 6.12. The number of sulfone groups is 1. The maximum Gasteiger partial charge on any atom is 0.737 e. The Kier molecular flexibility index (Phi) is 6.49. The third-order valence-corrected chi connectivity index (χ3v) is 9.34. The van der Waals surface area contributed by atoms with Crippen LogP contribution in [0.3, 0.4) is 0 Å². The maximum atomic E-state index is 14.9. The van der Waals surface area contributed by atoms with Crippen molar-refractivity contribution >= 4 is 68.8 Å². The van der Waals surface area contributed by atoms with Crippen molar-refractivity contribution in [3.63, 3.8) is 0 Å². The van der Waals surface area contributed by atoms with Crippen LogP contribution in [0.2, 0.25) is 0 Å². The number of alkyl halides is 3. The van der Waals surface area contributed by atoms with E-state index in [1.54, 1.807) is 48.6 Å². The van der Waals surface area contributed by atoms with Crippen molar-refractivity contribution in [3.05, 3.63) is 106 Å². The minimum absolute atomic E-state index is 0.217. The summed E-state index contributed by atoms with van der Waals surface area (Å²) in [5.74, 6) is 0. The van der Waals surface area contributed by atoms with Gasteiger partial charge in [0.25, 0.3) is 15.5 Å². The zero-order valence-electron chi connectivity index (χ0n) is 19.4. The molecular weight excluding hydrogens is 656 g/mol. The number of aromatic nitrogens is 1. The molecule has 0 saturated heterocycles. The maximum absolute atomic E-state index is 14.9. The van der Waals surface area contributed by atoms with E-state index in [1.165, 1.54) is 18.6 Å². The fourth-order valence-corrected chi connectivity index (χ4v) is 5.83. The van der Waals surface area contributed by atoms with Crippen LogP contribution in [0.25, 0.3) is 5.57 Å². The molecular formula is C23H15BF4IN5O4S. The molecule has 2 aliphatic rings. The summed E-state index contributed by atoms with van der Waals surface area (Å²) in [6.45, 7) is -4.02. The van der Waals surface area contributed by atoms with Gasteiger partial charge in [0.15, 0.2) is 5.70 Å². The average molecular weight is 671 g/mol. The number of fused-ring (bicyclic) bond motifs is 2. The molecule has 3 aromatic rings.